The molecule has 1 aliphatic rings. The van der Waals surface area contributed by atoms with Crippen LogP contribution in [0.15, 0.2) is 24.3 Å². The predicted molar refractivity (Wildman–Crippen MR) is 91.6 cm³/mol. The van der Waals surface area contributed by atoms with Gasteiger partial charge < -0.3 is 0 Å². The number of halogens is 1. The SMILES string of the molecule is SCC1(CSCc2ccc(Cl)cc2)CCCCCC1. The van der Waals surface area contributed by atoms with Crippen LogP contribution < -0.4 is 0 Å². The van der Waals surface area contributed by atoms with Crippen molar-refractivity contribution in [2.24, 2.45) is 5.41 Å². The first-order chi connectivity index (χ1) is 9.24. The highest BCUT2D eigenvalue weighted by atomic mass is 35.5. The Hall–Kier alpha value is 0.210. The fraction of sp³-hybridized carbons (Fsp3) is 0.625. The van der Waals surface area contributed by atoms with Crippen LogP contribution in [0.3, 0.4) is 0 Å². The van der Waals surface area contributed by atoms with Gasteiger partial charge in [-0.15, -0.1) is 0 Å². The van der Waals surface area contributed by atoms with Gasteiger partial charge in [-0.1, -0.05) is 49.4 Å². The van der Waals surface area contributed by atoms with Gasteiger partial charge in [-0.05, 0) is 41.7 Å². The molecule has 1 fully saturated rings. The van der Waals surface area contributed by atoms with Crippen molar-refractivity contribution in [3.8, 4) is 0 Å². The monoisotopic (exact) mass is 314 g/mol. The standard InChI is InChI=1S/C16H23ClS2/c17-15-7-5-14(6-8-15)11-19-13-16(12-18)9-3-1-2-4-10-16/h5-8,18H,1-4,9-13H2. The van der Waals surface area contributed by atoms with E-state index in [0.717, 1.165) is 16.5 Å². The van der Waals surface area contributed by atoms with Gasteiger partial charge in [0.2, 0.25) is 0 Å². The fourth-order valence-corrected chi connectivity index (χ4v) is 4.85. The maximum atomic E-state index is 5.91. The van der Waals surface area contributed by atoms with Crippen molar-refractivity contribution < 1.29 is 0 Å². The minimum Gasteiger partial charge on any atom is -0.179 e. The highest BCUT2D eigenvalue weighted by Crippen LogP contribution is 2.39. The lowest BCUT2D eigenvalue weighted by Crippen LogP contribution is -2.25. The molecule has 2 rings (SSSR count). The van der Waals surface area contributed by atoms with Crippen molar-refractivity contribution in [2.75, 3.05) is 11.5 Å². The molecule has 0 aliphatic heterocycles. The first-order valence-electron chi connectivity index (χ1n) is 7.17. The molecule has 1 saturated carbocycles. The van der Waals surface area contributed by atoms with Gasteiger partial charge in [0.05, 0.1) is 0 Å². The van der Waals surface area contributed by atoms with Crippen molar-refractivity contribution in [2.45, 2.75) is 44.3 Å². The molecule has 19 heavy (non-hydrogen) atoms. The topological polar surface area (TPSA) is 0 Å². The van der Waals surface area contributed by atoms with Gasteiger partial charge in [-0.25, -0.2) is 0 Å². The van der Waals surface area contributed by atoms with E-state index in [2.05, 4.69) is 36.5 Å². The summed E-state index contributed by atoms with van der Waals surface area (Å²) in [5.41, 5.74) is 1.86. The van der Waals surface area contributed by atoms with Gasteiger partial charge in [0, 0.05) is 16.5 Å². The highest BCUT2D eigenvalue weighted by molar-refractivity contribution is 7.98. The van der Waals surface area contributed by atoms with Gasteiger partial charge in [0.15, 0.2) is 0 Å². The maximum Gasteiger partial charge on any atom is 0.0406 e. The van der Waals surface area contributed by atoms with Crippen LogP contribution >= 0.6 is 36.0 Å². The van der Waals surface area contributed by atoms with E-state index in [0.29, 0.717) is 5.41 Å². The number of hydrogen-bond acceptors (Lipinski definition) is 2. The zero-order valence-corrected chi connectivity index (χ0v) is 13.9. The minimum absolute atomic E-state index is 0.483. The predicted octanol–water partition coefficient (Wildman–Crippen LogP) is 5.84. The third-order valence-corrected chi connectivity index (χ3v) is 6.37. The lowest BCUT2D eigenvalue weighted by Gasteiger charge is -2.30. The number of rotatable bonds is 5. The van der Waals surface area contributed by atoms with Crippen molar-refractivity contribution in [1.29, 1.82) is 0 Å². The summed E-state index contributed by atoms with van der Waals surface area (Å²) in [6.45, 7) is 0. The smallest absolute Gasteiger partial charge is 0.0406 e. The van der Waals surface area contributed by atoms with E-state index in [-0.39, 0.29) is 0 Å². The molecule has 0 unspecified atom stereocenters. The third-order valence-electron chi connectivity index (χ3n) is 4.09. The van der Waals surface area contributed by atoms with Gasteiger partial charge >= 0.3 is 0 Å². The summed E-state index contributed by atoms with van der Waals surface area (Å²) in [6.07, 6.45) is 8.34. The zero-order chi connectivity index (χ0) is 13.6. The summed E-state index contributed by atoms with van der Waals surface area (Å²) in [4.78, 5) is 0. The van der Waals surface area contributed by atoms with Crippen LogP contribution in [0.5, 0.6) is 0 Å². The average Bonchev–Trinajstić information content (AvgIpc) is 2.67. The molecule has 1 aliphatic carbocycles. The fourth-order valence-electron chi connectivity index (χ4n) is 2.79. The molecule has 1 aromatic rings. The van der Waals surface area contributed by atoms with Crippen molar-refractivity contribution in [3.05, 3.63) is 34.9 Å². The third kappa shape index (κ3) is 4.91. The number of hydrogen-bond donors (Lipinski definition) is 1. The van der Waals surface area contributed by atoms with Crippen LogP contribution in [0.4, 0.5) is 0 Å². The molecule has 0 atom stereocenters. The van der Waals surface area contributed by atoms with E-state index < -0.39 is 0 Å². The van der Waals surface area contributed by atoms with Crippen LogP contribution in [0.25, 0.3) is 0 Å². The van der Waals surface area contributed by atoms with Crippen LogP contribution in [0.1, 0.15) is 44.1 Å². The Labute approximate surface area is 132 Å². The van der Waals surface area contributed by atoms with E-state index in [9.17, 15) is 0 Å². The molecule has 0 N–H and O–H groups in total. The summed E-state index contributed by atoms with van der Waals surface area (Å²) < 4.78 is 0. The molecule has 0 amide bonds. The lowest BCUT2D eigenvalue weighted by atomic mass is 9.84. The highest BCUT2D eigenvalue weighted by Gasteiger charge is 2.29. The van der Waals surface area contributed by atoms with E-state index in [1.165, 1.54) is 49.8 Å². The second kappa shape index (κ2) is 7.85. The Balaban J connectivity index is 1.83. The van der Waals surface area contributed by atoms with E-state index in [1.54, 1.807) is 0 Å². The molecule has 0 nitrogen and oxygen atoms in total. The maximum absolute atomic E-state index is 5.91. The zero-order valence-electron chi connectivity index (χ0n) is 11.4. The van der Waals surface area contributed by atoms with Gasteiger partial charge in [0.1, 0.15) is 0 Å². The molecule has 0 saturated heterocycles. The first-order valence-corrected chi connectivity index (χ1v) is 9.34. The second-order valence-electron chi connectivity index (χ2n) is 5.69. The molecule has 0 bridgehead atoms. The summed E-state index contributed by atoms with van der Waals surface area (Å²) in [6, 6.07) is 8.24. The molecule has 0 spiro atoms. The first kappa shape index (κ1) is 15.6. The van der Waals surface area contributed by atoms with Crippen LogP contribution in [0.2, 0.25) is 5.02 Å². The van der Waals surface area contributed by atoms with Crippen LogP contribution in [-0.4, -0.2) is 11.5 Å². The largest absolute Gasteiger partial charge is 0.179 e. The van der Waals surface area contributed by atoms with Crippen LogP contribution in [0, 0.1) is 5.41 Å². The molecule has 1 aromatic carbocycles. The van der Waals surface area contributed by atoms with Crippen molar-refractivity contribution in [1.82, 2.24) is 0 Å². The van der Waals surface area contributed by atoms with Gasteiger partial charge in [-0.2, -0.15) is 24.4 Å². The van der Waals surface area contributed by atoms with Crippen LogP contribution in [-0.2, 0) is 5.75 Å². The normalized spacial score (nSPS) is 19.1. The Morgan fingerprint density at radius 3 is 2.26 bits per heavy atom. The summed E-state index contributed by atoms with van der Waals surface area (Å²) in [5.74, 6) is 3.38. The minimum atomic E-state index is 0.483. The number of benzene rings is 1. The quantitative estimate of drug-likeness (QED) is 0.526. The molecule has 3 heteroatoms. The molecular formula is C16H23ClS2. The Morgan fingerprint density at radius 2 is 1.68 bits per heavy atom. The van der Waals surface area contributed by atoms with E-state index in [1.807, 2.05) is 12.1 Å². The molecule has 0 heterocycles. The summed E-state index contributed by atoms with van der Waals surface area (Å²) in [7, 11) is 0. The molecule has 0 aromatic heterocycles. The summed E-state index contributed by atoms with van der Waals surface area (Å²) in [5, 5.41) is 0.823. The molecule has 0 radical (unpaired) electrons. The van der Waals surface area contributed by atoms with E-state index in [4.69, 9.17) is 11.6 Å². The lowest BCUT2D eigenvalue weighted by molar-refractivity contribution is 0.332. The van der Waals surface area contributed by atoms with E-state index >= 15 is 0 Å². The number of thioether (sulfide) groups is 1. The second-order valence-corrected chi connectivity index (χ2v) is 7.43. The van der Waals surface area contributed by atoms with Crippen molar-refractivity contribution >= 4 is 36.0 Å². The average molecular weight is 315 g/mol. The Bertz CT molecular complexity index is 367. The Kier molecular flexibility index (Phi) is 6.44. The van der Waals surface area contributed by atoms with Gasteiger partial charge in [0.25, 0.3) is 0 Å². The number of thiol groups is 1. The molecule has 106 valence electrons. The van der Waals surface area contributed by atoms with Crippen molar-refractivity contribution in [3.63, 3.8) is 0 Å². The molecular weight excluding hydrogens is 292 g/mol. The Morgan fingerprint density at radius 1 is 1.05 bits per heavy atom. The van der Waals surface area contributed by atoms with Gasteiger partial charge in [-0.3, -0.25) is 0 Å². The summed E-state index contributed by atoms with van der Waals surface area (Å²) >= 11 is 12.6.